The van der Waals surface area contributed by atoms with Gasteiger partial charge < -0.3 is 10.4 Å². The molecular formula is C11H13FN2O3. The molecule has 6 heteroatoms. The highest BCUT2D eigenvalue weighted by Gasteiger charge is 2.32. The zero-order valence-electron chi connectivity index (χ0n) is 9.15. The molecule has 1 aliphatic rings. The Labute approximate surface area is 97.4 Å². The van der Waals surface area contributed by atoms with E-state index in [0.29, 0.717) is 19.5 Å². The van der Waals surface area contributed by atoms with Gasteiger partial charge in [-0.1, -0.05) is 0 Å². The van der Waals surface area contributed by atoms with Gasteiger partial charge in [0.1, 0.15) is 5.82 Å². The van der Waals surface area contributed by atoms with Crippen molar-refractivity contribution in [3.63, 3.8) is 0 Å². The molecule has 0 bridgehead atoms. The van der Waals surface area contributed by atoms with Gasteiger partial charge in [0.05, 0.1) is 10.5 Å². The quantitative estimate of drug-likeness (QED) is 0.610. The van der Waals surface area contributed by atoms with Crippen molar-refractivity contribution in [1.29, 1.82) is 0 Å². The van der Waals surface area contributed by atoms with Gasteiger partial charge >= 0.3 is 0 Å². The molecule has 1 aromatic rings. The van der Waals surface area contributed by atoms with Gasteiger partial charge in [-0.3, -0.25) is 10.1 Å². The molecular weight excluding hydrogens is 227 g/mol. The second-order valence-electron chi connectivity index (χ2n) is 4.36. The fourth-order valence-electron chi connectivity index (χ4n) is 2.05. The molecule has 17 heavy (non-hydrogen) atoms. The average molecular weight is 240 g/mol. The van der Waals surface area contributed by atoms with Crippen LogP contribution >= 0.6 is 0 Å². The standard InChI is InChI=1S/C11H13FN2O3/c12-10-2-1-9(14(16)17)5-8(10)6-11(15)3-4-13-7-11/h1-2,5,13,15H,3-4,6-7H2. The van der Waals surface area contributed by atoms with Crippen molar-refractivity contribution in [3.8, 4) is 0 Å². The van der Waals surface area contributed by atoms with Gasteiger partial charge in [0.2, 0.25) is 0 Å². The lowest BCUT2D eigenvalue weighted by Gasteiger charge is -2.21. The van der Waals surface area contributed by atoms with Crippen molar-refractivity contribution >= 4 is 5.69 Å². The fraction of sp³-hybridized carbons (Fsp3) is 0.455. The molecule has 0 aliphatic carbocycles. The van der Waals surface area contributed by atoms with E-state index in [1.165, 1.54) is 6.07 Å². The SMILES string of the molecule is O=[N+]([O-])c1ccc(F)c(CC2(O)CCNC2)c1. The van der Waals surface area contributed by atoms with Crippen molar-refractivity contribution in [2.45, 2.75) is 18.4 Å². The summed E-state index contributed by atoms with van der Waals surface area (Å²) in [5, 5.41) is 23.7. The number of nitro benzene ring substituents is 1. The third-order valence-electron chi connectivity index (χ3n) is 2.98. The maximum absolute atomic E-state index is 13.5. The molecule has 1 fully saturated rings. The number of rotatable bonds is 3. The van der Waals surface area contributed by atoms with Crippen molar-refractivity contribution in [2.75, 3.05) is 13.1 Å². The Hall–Kier alpha value is -1.53. The van der Waals surface area contributed by atoms with Crippen LogP contribution in [0, 0.1) is 15.9 Å². The van der Waals surface area contributed by atoms with Crippen molar-refractivity contribution in [3.05, 3.63) is 39.7 Å². The Bertz CT molecular complexity index is 444. The van der Waals surface area contributed by atoms with E-state index in [0.717, 1.165) is 12.1 Å². The predicted molar refractivity (Wildman–Crippen MR) is 59.2 cm³/mol. The number of non-ortho nitro benzene ring substituents is 1. The smallest absolute Gasteiger partial charge is 0.269 e. The van der Waals surface area contributed by atoms with Crippen LogP contribution in [-0.4, -0.2) is 28.7 Å². The maximum Gasteiger partial charge on any atom is 0.269 e. The van der Waals surface area contributed by atoms with Crippen molar-refractivity contribution in [2.24, 2.45) is 0 Å². The second-order valence-corrected chi connectivity index (χ2v) is 4.36. The first kappa shape index (κ1) is 11.9. The van der Waals surface area contributed by atoms with Crippen LogP contribution in [-0.2, 0) is 6.42 Å². The average Bonchev–Trinajstić information content (AvgIpc) is 2.68. The molecule has 0 spiro atoms. The van der Waals surface area contributed by atoms with Crippen LogP contribution < -0.4 is 5.32 Å². The lowest BCUT2D eigenvalue weighted by atomic mass is 9.93. The summed E-state index contributed by atoms with van der Waals surface area (Å²) >= 11 is 0. The zero-order valence-corrected chi connectivity index (χ0v) is 9.15. The third-order valence-corrected chi connectivity index (χ3v) is 2.98. The fourth-order valence-corrected chi connectivity index (χ4v) is 2.05. The van der Waals surface area contributed by atoms with Gasteiger partial charge in [-0.15, -0.1) is 0 Å². The van der Waals surface area contributed by atoms with Gasteiger partial charge in [-0.2, -0.15) is 0 Å². The Morgan fingerprint density at radius 3 is 2.94 bits per heavy atom. The minimum Gasteiger partial charge on any atom is -0.388 e. The van der Waals surface area contributed by atoms with Crippen LogP contribution in [0.1, 0.15) is 12.0 Å². The highest BCUT2D eigenvalue weighted by atomic mass is 19.1. The molecule has 0 aromatic heterocycles. The summed E-state index contributed by atoms with van der Waals surface area (Å²) in [4.78, 5) is 10.0. The monoisotopic (exact) mass is 240 g/mol. The van der Waals surface area contributed by atoms with Crippen LogP contribution in [0.2, 0.25) is 0 Å². The summed E-state index contributed by atoms with van der Waals surface area (Å²) in [6.45, 7) is 1.06. The molecule has 1 unspecified atom stereocenters. The Kier molecular flexibility index (Phi) is 3.08. The second kappa shape index (κ2) is 4.38. The summed E-state index contributed by atoms with van der Waals surface area (Å²) in [6.07, 6.45) is 0.614. The summed E-state index contributed by atoms with van der Waals surface area (Å²) in [5.41, 5.74) is -0.975. The van der Waals surface area contributed by atoms with E-state index in [1.54, 1.807) is 0 Å². The normalized spacial score (nSPS) is 23.9. The molecule has 92 valence electrons. The van der Waals surface area contributed by atoms with Crippen LogP contribution in [0.25, 0.3) is 0 Å². The largest absolute Gasteiger partial charge is 0.388 e. The number of benzene rings is 1. The molecule has 1 heterocycles. The highest BCUT2D eigenvalue weighted by Crippen LogP contribution is 2.24. The minimum absolute atomic E-state index is 0.0908. The van der Waals surface area contributed by atoms with Gasteiger partial charge in [0.25, 0.3) is 5.69 Å². The van der Waals surface area contributed by atoms with Crippen LogP contribution in [0.3, 0.4) is 0 Å². The lowest BCUT2D eigenvalue weighted by molar-refractivity contribution is -0.385. The van der Waals surface area contributed by atoms with Crippen LogP contribution in [0.5, 0.6) is 0 Å². The molecule has 1 saturated heterocycles. The number of nitrogens with zero attached hydrogens (tertiary/aromatic N) is 1. The lowest BCUT2D eigenvalue weighted by Crippen LogP contribution is -2.34. The molecule has 0 radical (unpaired) electrons. The first-order valence-corrected chi connectivity index (χ1v) is 5.36. The number of halogens is 1. The van der Waals surface area contributed by atoms with E-state index in [2.05, 4.69) is 5.32 Å². The van der Waals surface area contributed by atoms with Gasteiger partial charge in [0, 0.05) is 25.1 Å². The topological polar surface area (TPSA) is 75.4 Å². The number of hydrogen-bond donors (Lipinski definition) is 2. The van der Waals surface area contributed by atoms with E-state index in [1.807, 2.05) is 0 Å². The predicted octanol–water partition coefficient (Wildman–Crippen LogP) is 1.00. The van der Waals surface area contributed by atoms with Gasteiger partial charge in [-0.05, 0) is 24.6 Å². The number of β-amino-alcohol motifs (C(OH)–C–C–N with tert-alkyl or cyclic N) is 1. The number of nitrogens with one attached hydrogen (secondary N) is 1. The van der Waals surface area contributed by atoms with Gasteiger partial charge in [0.15, 0.2) is 0 Å². The molecule has 1 aliphatic heterocycles. The maximum atomic E-state index is 13.5. The first-order valence-electron chi connectivity index (χ1n) is 5.36. The number of nitro groups is 1. The first-order chi connectivity index (χ1) is 8.00. The molecule has 5 nitrogen and oxygen atoms in total. The Morgan fingerprint density at radius 2 is 2.35 bits per heavy atom. The van der Waals surface area contributed by atoms with Crippen molar-refractivity contribution < 1.29 is 14.4 Å². The molecule has 2 N–H and O–H groups in total. The molecule has 0 amide bonds. The Balaban J connectivity index is 2.25. The van der Waals surface area contributed by atoms with Crippen molar-refractivity contribution in [1.82, 2.24) is 5.32 Å². The zero-order chi connectivity index (χ0) is 12.5. The third kappa shape index (κ3) is 2.59. The molecule has 1 atom stereocenters. The number of aliphatic hydroxyl groups is 1. The van der Waals surface area contributed by atoms with Crippen LogP contribution in [0.15, 0.2) is 18.2 Å². The molecule has 1 aromatic carbocycles. The van der Waals surface area contributed by atoms with E-state index in [4.69, 9.17) is 0 Å². The van der Waals surface area contributed by atoms with E-state index < -0.39 is 16.3 Å². The van der Waals surface area contributed by atoms with Crippen LogP contribution in [0.4, 0.5) is 10.1 Å². The molecule has 2 rings (SSSR count). The molecule has 0 saturated carbocycles. The highest BCUT2D eigenvalue weighted by molar-refractivity contribution is 5.36. The van der Waals surface area contributed by atoms with Gasteiger partial charge in [-0.25, -0.2) is 4.39 Å². The van der Waals surface area contributed by atoms with E-state index >= 15 is 0 Å². The summed E-state index contributed by atoms with van der Waals surface area (Å²) in [6, 6.07) is 3.38. The summed E-state index contributed by atoms with van der Waals surface area (Å²) in [5.74, 6) is -0.518. The van der Waals surface area contributed by atoms with E-state index in [-0.39, 0.29) is 17.7 Å². The Morgan fingerprint density at radius 1 is 1.59 bits per heavy atom. The van der Waals surface area contributed by atoms with E-state index in [9.17, 15) is 19.6 Å². The number of hydrogen-bond acceptors (Lipinski definition) is 4. The minimum atomic E-state index is -1.00. The summed E-state index contributed by atoms with van der Waals surface area (Å²) < 4.78 is 13.5. The summed E-state index contributed by atoms with van der Waals surface area (Å²) in [7, 11) is 0.